The van der Waals surface area contributed by atoms with Gasteiger partial charge in [-0.25, -0.2) is 0 Å². The summed E-state index contributed by atoms with van der Waals surface area (Å²) in [6, 6.07) is 18.6. The van der Waals surface area contributed by atoms with Crippen molar-refractivity contribution in [3.8, 4) is 11.5 Å². The lowest BCUT2D eigenvalue weighted by atomic mass is 9.98. The lowest BCUT2D eigenvalue weighted by Crippen LogP contribution is -3.12. The number of methoxy groups -OCH3 is 2. The Morgan fingerprint density at radius 2 is 1.73 bits per heavy atom. The molecule has 0 aliphatic carbocycles. The second-order valence-electron chi connectivity index (χ2n) is 7.94. The molecule has 3 aromatic rings. The molecular weight excluding hydrogens is 376 g/mol. The monoisotopic (exact) mass is 405 g/mol. The number of hydrogen-bond donors (Lipinski definition) is 2. The Morgan fingerprint density at radius 1 is 1.03 bits per heavy atom. The number of carbonyl (C=O) groups is 1. The van der Waals surface area contributed by atoms with Gasteiger partial charge in [-0.05, 0) is 41.0 Å². The van der Waals surface area contributed by atoms with E-state index in [0.717, 1.165) is 36.6 Å². The van der Waals surface area contributed by atoms with E-state index in [1.54, 1.807) is 14.2 Å². The molecule has 1 aliphatic rings. The molecule has 156 valence electrons. The van der Waals surface area contributed by atoms with Gasteiger partial charge in [-0.15, -0.1) is 0 Å². The van der Waals surface area contributed by atoms with Crippen molar-refractivity contribution in [3.63, 3.8) is 0 Å². The molecule has 1 aliphatic heterocycles. The largest absolute Gasteiger partial charge is 0.493 e. The summed E-state index contributed by atoms with van der Waals surface area (Å²) in [5, 5.41) is 5.58. The van der Waals surface area contributed by atoms with Crippen molar-refractivity contribution in [1.29, 1.82) is 0 Å². The lowest BCUT2D eigenvalue weighted by Gasteiger charge is -2.27. The zero-order valence-corrected chi connectivity index (χ0v) is 17.8. The van der Waals surface area contributed by atoms with E-state index in [2.05, 4.69) is 48.6 Å². The van der Waals surface area contributed by atoms with Gasteiger partial charge in [0.25, 0.3) is 5.91 Å². The Kier molecular flexibility index (Phi) is 5.91. The second-order valence-corrected chi connectivity index (χ2v) is 7.94. The molecule has 0 spiro atoms. The zero-order valence-electron chi connectivity index (χ0n) is 17.8. The van der Waals surface area contributed by atoms with Crippen LogP contribution in [0.3, 0.4) is 0 Å². The highest BCUT2D eigenvalue weighted by Crippen LogP contribution is 2.31. The first-order valence-corrected chi connectivity index (χ1v) is 10.4. The standard InChI is InChI=1S/C25H28N2O3/c1-17(21-10-6-8-18-7-4-5-9-22(18)21)26-25(28)16-27-12-11-19-13-23(29-2)24(30-3)14-20(19)15-27/h4-10,13-14,17H,11-12,15-16H2,1-3H3,(H,26,28)/p+1/t17-/m1/s1. The van der Waals surface area contributed by atoms with Gasteiger partial charge in [0, 0.05) is 12.0 Å². The van der Waals surface area contributed by atoms with Crippen LogP contribution in [0.25, 0.3) is 10.8 Å². The minimum atomic E-state index is -0.0376. The molecule has 0 fully saturated rings. The average molecular weight is 406 g/mol. The predicted octanol–water partition coefficient (Wildman–Crippen LogP) is 2.68. The zero-order chi connectivity index (χ0) is 21.1. The summed E-state index contributed by atoms with van der Waals surface area (Å²) in [5.41, 5.74) is 3.65. The number of rotatable bonds is 6. The fourth-order valence-corrected chi connectivity index (χ4v) is 4.41. The summed E-state index contributed by atoms with van der Waals surface area (Å²) in [4.78, 5) is 14.1. The highest BCUT2D eigenvalue weighted by atomic mass is 16.5. The second kappa shape index (κ2) is 8.76. The highest BCUT2D eigenvalue weighted by molar-refractivity contribution is 5.87. The number of amides is 1. The molecule has 0 saturated heterocycles. The molecule has 1 heterocycles. The SMILES string of the molecule is COc1cc2c(cc1OC)C[NH+](CC(=O)N[C@H](C)c1cccc3ccccc13)CC2. The van der Waals surface area contributed by atoms with Gasteiger partial charge < -0.3 is 19.7 Å². The quantitative estimate of drug-likeness (QED) is 0.663. The van der Waals surface area contributed by atoms with Crippen LogP contribution in [0, 0.1) is 0 Å². The van der Waals surface area contributed by atoms with Gasteiger partial charge in [0.05, 0.1) is 26.8 Å². The fourth-order valence-electron chi connectivity index (χ4n) is 4.41. The van der Waals surface area contributed by atoms with E-state index in [4.69, 9.17) is 9.47 Å². The van der Waals surface area contributed by atoms with E-state index in [0.29, 0.717) is 6.54 Å². The summed E-state index contributed by atoms with van der Waals surface area (Å²) < 4.78 is 10.9. The summed E-state index contributed by atoms with van der Waals surface area (Å²) >= 11 is 0. The molecule has 3 aromatic carbocycles. The minimum absolute atomic E-state index is 0.0376. The van der Waals surface area contributed by atoms with E-state index in [1.807, 2.05) is 18.2 Å². The molecule has 2 N–H and O–H groups in total. The fraction of sp³-hybridized carbons (Fsp3) is 0.320. The number of carbonyl (C=O) groups excluding carboxylic acids is 1. The number of ether oxygens (including phenoxy) is 2. The number of nitrogens with one attached hydrogen (secondary N) is 2. The van der Waals surface area contributed by atoms with Crippen LogP contribution in [0.4, 0.5) is 0 Å². The molecule has 1 amide bonds. The minimum Gasteiger partial charge on any atom is -0.493 e. The molecule has 2 atom stereocenters. The molecule has 30 heavy (non-hydrogen) atoms. The summed E-state index contributed by atoms with van der Waals surface area (Å²) in [6.07, 6.45) is 0.928. The van der Waals surface area contributed by atoms with Crippen molar-refractivity contribution < 1.29 is 19.2 Å². The smallest absolute Gasteiger partial charge is 0.275 e. The molecule has 5 nitrogen and oxygen atoms in total. The summed E-state index contributed by atoms with van der Waals surface area (Å²) in [5.74, 6) is 1.59. The molecule has 0 bridgehead atoms. The Morgan fingerprint density at radius 3 is 2.50 bits per heavy atom. The van der Waals surface area contributed by atoms with E-state index in [9.17, 15) is 4.79 Å². The third-order valence-corrected chi connectivity index (χ3v) is 5.97. The third kappa shape index (κ3) is 4.12. The van der Waals surface area contributed by atoms with Gasteiger partial charge in [-0.2, -0.15) is 0 Å². The van der Waals surface area contributed by atoms with Crippen molar-refractivity contribution in [2.75, 3.05) is 27.3 Å². The molecule has 5 heteroatoms. The average Bonchev–Trinajstić information content (AvgIpc) is 2.77. The maximum atomic E-state index is 12.8. The molecule has 0 radical (unpaired) electrons. The van der Waals surface area contributed by atoms with Gasteiger partial charge in [0.2, 0.25) is 0 Å². The van der Waals surface area contributed by atoms with Crippen molar-refractivity contribution in [1.82, 2.24) is 5.32 Å². The van der Waals surface area contributed by atoms with Gasteiger partial charge in [-0.3, -0.25) is 4.79 Å². The molecular formula is C25H29N2O3+. The van der Waals surface area contributed by atoms with Gasteiger partial charge in [0.15, 0.2) is 18.0 Å². The van der Waals surface area contributed by atoms with Gasteiger partial charge in [-0.1, -0.05) is 42.5 Å². The van der Waals surface area contributed by atoms with Gasteiger partial charge >= 0.3 is 0 Å². The van der Waals surface area contributed by atoms with Crippen LogP contribution >= 0.6 is 0 Å². The molecule has 0 aromatic heterocycles. The number of hydrogen-bond acceptors (Lipinski definition) is 3. The first kappa shape index (κ1) is 20.2. The van der Waals surface area contributed by atoms with Crippen molar-refractivity contribution >= 4 is 16.7 Å². The summed E-state index contributed by atoms with van der Waals surface area (Å²) in [7, 11) is 3.31. The van der Waals surface area contributed by atoms with E-state index >= 15 is 0 Å². The number of fused-ring (bicyclic) bond motifs is 2. The lowest BCUT2D eigenvalue weighted by molar-refractivity contribution is -0.908. The molecule has 1 unspecified atom stereocenters. The van der Waals surface area contributed by atoms with Crippen LogP contribution in [0.5, 0.6) is 11.5 Å². The van der Waals surface area contributed by atoms with E-state index in [-0.39, 0.29) is 11.9 Å². The topological polar surface area (TPSA) is 52.0 Å². The maximum absolute atomic E-state index is 12.8. The number of quaternary nitrogens is 1. The van der Waals surface area contributed by atoms with E-state index < -0.39 is 0 Å². The Labute approximate surface area is 177 Å². The first-order chi connectivity index (χ1) is 14.6. The normalized spacial score (nSPS) is 16.6. The van der Waals surface area contributed by atoms with Gasteiger partial charge in [0.1, 0.15) is 6.54 Å². The Bertz CT molecular complexity index is 1060. The molecule has 4 rings (SSSR count). The van der Waals surface area contributed by atoms with Crippen LogP contribution in [-0.4, -0.2) is 33.2 Å². The first-order valence-electron chi connectivity index (χ1n) is 10.4. The Balaban J connectivity index is 1.42. The number of benzene rings is 3. The van der Waals surface area contributed by atoms with Crippen LogP contribution in [0.1, 0.15) is 29.7 Å². The molecule has 0 saturated carbocycles. The van der Waals surface area contributed by atoms with Crippen LogP contribution in [0.2, 0.25) is 0 Å². The Hall–Kier alpha value is -3.05. The third-order valence-electron chi connectivity index (χ3n) is 5.97. The maximum Gasteiger partial charge on any atom is 0.275 e. The van der Waals surface area contributed by atoms with Crippen molar-refractivity contribution in [3.05, 3.63) is 71.3 Å². The van der Waals surface area contributed by atoms with E-state index in [1.165, 1.54) is 26.8 Å². The highest BCUT2D eigenvalue weighted by Gasteiger charge is 2.24. The van der Waals surface area contributed by atoms with Crippen LogP contribution < -0.4 is 19.7 Å². The predicted molar refractivity (Wildman–Crippen MR) is 118 cm³/mol. The van der Waals surface area contributed by atoms with Crippen LogP contribution in [0.15, 0.2) is 54.6 Å². The van der Waals surface area contributed by atoms with Crippen molar-refractivity contribution in [2.24, 2.45) is 0 Å². The van der Waals surface area contributed by atoms with Crippen LogP contribution in [-0.2, 0) is 17.8 Å². The summed E-state index contributed by atoms with van der Waals surface area (Å²) in [6.45, 7) is 4.25. The van der Waals surface area contributed by atoms with Crippen molar-refractivity contribution in [2.45, 2.75) is 25.9 Å².